The van der Waals surface area contributed by atoms with Gasteiger partial charge in [-0.05, 0) is 32.0 Å². The number of aromatic nitrogens is 1. The molecule has 72 valence electrons. The molecule has 3 heteroatoms. The number of nitrogens with zero attached hydrogens (tertiary/aromatic N) is 1. The maximum Gasteiger partial charge on any atom is 0.226 e. The average Bonchev–Trinajstić information content (AvgIpc) is 2.47. The van der Waals surface area contributed by atoms with Gasteiger partial charge in [0.25, 0.3) is 0 Å². The summed E-state index contributed by atoms with van der Waals surface area (Å²) in [6.07, 6.45) is 0. The standard InChI is InChI=1S/C11H10FNO/c1-7-8(2)14-11(13-7)9-4-3-5-10(12)6-9/h3-6H,1-2H3. The number of oxazole rings is 1. The number of rotatable bonds is 1. The summed E-state index contributed by atoms with van der Waals surface area (Å²) < 4.78 is 18.3. The Balaban J connectivity index is 2.49. The van der Waals surface area contributed by atoms with Crippen molar-refractivity contribution < 1.29 is 8.81 Å². The van der Waals surface area contributed by atoms with Crippen molar-refractivity contribution >= 4 is 0 Å². The van der Waals surface area contributed by atoms with E-state index in [0.29, 0.717) is 11.5 Å². The van der Waals surface area contributed by atoms with Crippen molar-refractivity contribution in [3.63, 3.8) is 0 Å². The van der Waals surface area contributed by atoms with E-state index in [1.54, 1.807) is 12.1 Å². The van der Waals surface area contributed by atoms with E-state index in [-0.39, 0.29) is 5.82 Å². The Hall–Kier alpha value is -1.64. The largest absolute Gasteiger partial charge is 0.441 e. The lowest BCUT2D eigenvalue weighted by Gasteiger charge is -1.94. The van der Waals surface area contributed by atoms with Crippen LogP contribution >= 0.6 is 0 Å². The topological polar surface area (TPSA) is 26.0 Å². The zero-order valence-electron chi connectivity index (χ0n) is 8.04. The van der Waals surface area contributed by atoms with Crippen LogP contribution in [0, 0.1) is 19.7 Å². The van der Waals surface area contributed by atoms with Crippen molar-refractivity contribution in [2.45, 2.75) is 13.8 Å². The van der Waals surface area contributed by atoms with E-state index in [4.69, 9.17) is 4.42 Å². The second-order valence-corrected chi connectivity index (χ2v) is 3.17. The minimum absolute atomic E-state index is 0.281. The Morgan fingerprint density at radius 3 is 2.64 bits per heavy atom. The second-order valence-electron chi connectivity index (χ2n) is 3.17. The zero-order chi connectivity index (χ0) is 10.1. The molecule has 1 heterocycles. The molecular weight excluding hydrogens is 181 g/mol. The third-order valence-electron chi connectivity index (χ3n) is 2.10. The fraction of sp³-hybridized carbons (Fsp3) is 0.182. The van der Waals surface area contributed by atoms with Crippen molar-refractivity contribution in [1.82, 2.24) is 4.98 Å². The van der Waals surface area contributed by atoms with Crippen molar-refractivity contribution in [3.8, 4) is 11.5 Å². The molecule has 0 fully saturated rings. The Labute approximate surface area is 81.4 Å². The highest BCUT2D eigenvalue weighted by Crippen LogP contribution is 2.21. The Bertz CT molecular complexity index is 443. The summed E-state index contributed by atoms with van der Waals surface area (Å²) in [6.45, 7) is 3.70. The molecule has 0 saturated carbocycles. The summed E-state index contributed by atoms with van der Waals surface area (Å²) in [4.78, 5) is 4.19. The highest BCUT2D eigenvalue weighted by atomic mass is 19.1. The van der Waals surface area contributed by atoms with Crippen LogP contribution in [-0.2, 0) is 0 Å². The van der Waals surface area contributed by atoms with Gasteiger partial charge in [0.2, 0.25) is 5.89 Å². The van der Waals surface area contributed by atoms with Gasteiger partial charge in [0.1, 0.15) is 11.6 Å². The van der Waals surface area contributed by atoms with Gasteiger partial charge in [0, 0.05) is 5.56 Å². The summed E-state index contributed by atoms with van der Waals surface area (Å²) in [5.74, 6) is 0.958. The maximum atomic E-state index is 12.9. The molecule has 0 amide bonds. The lowest BCUT2D eigenvalue weighted by Crippen LogP contribution is -1.79. The molecule has 2 aromatic rings. The summed E-state index contributed by atoms with van der Waals surface area (Å²) in [7, 11) is 0. The first-order chi connectivity index (χ1) is 6.66. The van der Waals surface area contributed by atoms with Crippen LogP contribution in [-0.4, -0.2) is 4.98 Å². The highest BCUT2D eigenvalue weighted by molar-refractivity contribution is 5.53. The number of hydrogen-bond donors (Lipinski definition) is 0. The van der Waals surface area contributed by atoms with E-state index in [2.05, 4.69) is 4.98 Å². The van der Waals surface area contributed by atoms with Crippen LogP contribution in [0.4, 0.5) is 4.39 Å². The van der Waals surface area contributed by atoms with Crippen LogP contribution in [0.25, 0.3) is 11.5 Å². The van der Waals surface area contributed by atoms with Crippen molar-refractivity contribution in [2.75, 3.05) is 0 Å². The van der Waals surface area contributed by atoms with Crippen LogP contribution in [0.5, 0.6) is 0 Å². The molecule has 0 N–H and O–H groups in total. The third-order valence-corrected chi connectivity index (χ3v) is 2.10. The first-order valence-electron chi connectivity index (χ1n) is 4.37. The van der Waals surface area contributed by atoms with Gasteiger partial charge in [0.05, 0.1) is 5.69 Å². The van der Waals surface area contributed by atoms with Gasteiger partial charge in [-0.25, -0.2) is 9.37 Å². The number of aryl methyl sites for hydroxylation is 2. The molecule has 2 rings (SSSR count). The molecule has 0 unspecified atom stereocenters. The minimum Gasteiger partial charge on any atom is -0.441 e. The molecule has 0 radical (unpaired) electrons. The van der Waals surface area contributed by atoms with Crippen molar-refractivity contribution in [2.24, 2.45) is 0 Å². The molecular formula is C11H10FNO. The molecule has 0 spiro atoms. The minimum atomic E-state index is -0.281. The maximum absolute atomic E-state index is 12.9. The number of halogens is 1. The molecule has 1 aromatic heterocycles. The van der Waals surface area contributed by atoms with Gasteiger partial charge in [-0.2, -0.15) is 0 Å². The third kappa shape index (κ3) is 1.53. The summed E-state index contributed by atoms with van der Waals surface area (Å²) >= 11 is 0. The van der Waals surface area contributed by atoms with E-state index in [0.717, 1.165) is 11.5 Å². The van der Waals surface area contributed by atoms with Crippen LogP contribution in [0.3, 0.4) is 0 Å². The van der Waals surface area contributed by atoms with Crippen LogP contribution < -0.4 is 0 Å². The highest BCUT2D eigenvalue weighted by Gasteiger charge is 2.07. The number of hydrogen-bond acceptors (Lipinski definition) is 2. The van der Waals surface area contributed by atoms with Gasteiger partial charge in [-0.3, -0.25) is 0 Å². The molecule has 0 atom stereocenters. The molecule has 1 aromatic carbocycles. The molecule has 2 nitrogen and oxygen atoms in total. The number of benzene rings is 1. The predicted octanol–water partition coefficient (Wildman–Crippen LogP) is 3.10. The fourth-order valence-electron chi connectivity index (χ4n) is 1.22. The monoisotopic (exact) mass is 191 g/mol. The van der Waals surface area contributed by atoms with E-state index in [1.807, 2.05) is 13.8 Å². The molecule has 0 saturated heterocycles. The van der Waals surface area contributed by atoms with Crippen LogP contribution in [0.1, 0.15) is 11.5 Å². The van der Waals surface area contributed by atoms with Gasteiger partial charge < -0.3 is 4.42 Å². The van der Waals surface area contributed by atoms with E-state index in [9.17, 15) is 4.39 Å². The van der Waals surface area contributed by atoms with Gasteiger partial charge >= 0.3 is 0 Å². The van der Waals surface area contributed by atoms with Crippen LogP contribution in [0.2, 0.25) is 0 Å². The zero-order valence-corrected chi connectivity index (χ0v) is 8.04. The Morgan fingerprint density at radius 1 is 1.29 bits per heavy atom. The van der Waals surface area contributed by atoms with E-state index in [1.165, 1.54) is 12.1 Å². The molecule has 0 aliphatic heterocycles. The molecule has 14 heavy (non-hydrogen) atoms. The smallest absolute Gasteiger partial charge is 0.226 e. The Morgan fingerprint density at radius 2 is 2.07 bits per heavy atom. The lowest BCUT2D eigenvalue weighted by molar-refractivity contribution is 0.539. The summed E-state index contributed by atoms with van der Waals surface area (Å²) in [5, 5.41) is 0. The predicted molar refractivity (Wildman–Crippen MR) is 51.4 cm³/mol. The SMILES string of the molecule is Cc1nc(-c2cccc(F)c2)oc1C. The second kappa shape index (κ2) is 3.25. The molecule has 0 aliphatic rings. The summed E-state index contributed by atoms with van der Waals surface area (Å²) in [5.41, 5.74) is 1.51. The first-order valence-corrected chi connectivity index (χ1v) is 4.37. The van der Waals surface area contributed by atoms with Crippen LogP contribution in [0.15, 0.2) is 28.7 Å². The lowest BCUT2D eigenvalue weighted by atomic mass is 10.2. The van der Waals surface area contributed by atoms with Gasteiger partial charge in [0.15, 0.2) is 0 Å². The van der Waals surface area contributed by atoms with E-state index >= 15 is 0 Å². The average molecular weight is 191 g/mol. The van der Waals surface area contributed by atoms with Gasteiger partial charge in [-0.1, -0.05) is 6.07 Å². The van der Waals surface area contributed by atoms with E-state index < -0.39 is 0 Å². The first kappa shape index (κ1) is 8.94. The normalized spacial score (nSPS) is 10.5. The fourth-order valence-corrected chi connectivity index (χ4v) is 1.22. The summed E-state index contributed by atoms with van der Waals surface area (Å²) in [6, 6.07) is 6.21. The molecule has 0 aliphatic carbocycles. The quantitative estimate of drug-likeness (QED) is 0.692. The Kier molecular flexibility index (Phi) is 2.08. The van der Waals surface area contributed by atoms with Crippen molar-refractivity contribution in [3.05, 3.63) is 41.5 Å². The molecule has 0 bridgehead atoms. The van der Waals surface area contributed by atoms with Gasteiger partial charge in [-0.15, -0.1) is 0 Å². The van der Waals surface area contributed by atoms with Crippen molar-refractivity contribution in [1.29, 1.82) is 0 Å².